The Balaban J connectivity index is 2.56. The first-order valence-corrected chi connectivity index (χ1v) is 7.42. The molecule has 0 fully saturated rings. The lowest BCUT2D eigenvalue weighted by molar-refractivity contribution is 0.587. The van der Waals surface area contributed by atoms with Crippen molar-refractivity contribution in [3.63, 3.8) is 0 Å². The molecule has 0 aliphatic heterocycles. The standard InChI is InChI=1S/C12H20N2O2S/c1-3-8-14-9-11-4-6-12(7-5-11)10-17(15,16)13-2/h4-7,13-14H,3,8-10H2,1-2H3. The van der Waals surface area contributed by atoms with Crippen LogP contribution >= 0.6 is 0 Å². The lowest BCUT2D eigenvalue weighted by atomic mass is 10.1. The van der Waals surface area contributed by atoms with Crippen LogP contribution in [0, 0.1) is 0 Å². The first-order chi connectivity index (χ1) is 8.07. The van der Waals surface area contributed by atoms with Gasteiger partial charge in [-0.05, 0) is 31.1 Å². The van der Waals surface area contributed by atoms with Crippen molar-refractivity contribution >= 4 is 10.0 Å². The van der Waals surface area contributed by atoms with Crippen LogP contribution < -0.4 is 10.0 Å². The molecule has 2 N–H and O–H groups in total. The van der Waals surface area contributed by atoms with Gasteiger partial charge in [0.15, 0.2) is 0 Å². The van der Waals surface area contributed by atoms with Gasteiger partial charge in [0.1, 0.15) is 0 Å². The fraction of sp³-hybridized carbons (Fsp3) is 0.500. The molecule has 0 aliphatic rings. The summed E-state index contributed by atoms with van der Waals surface area (Å²) in [6.45, 7) is 3.95. The molecule has 17 heavy (non-hydrogen) atoms. The van der Waals surface area contributed by atoms with Crippen LogP contribution in [-0.4, -0.2) is 22.0 Å². The van der Waals surface area contributed by atoms with E-state index < -0.39 is 10.0 Å². The van der Waals surface area contributed by atoms with E-state index in [0.29, 0.717) is 0 Å². The number of hydrogen-bond acceptors (Lipinski definition) is 3. The predicted molar refractivity (Wildman–Crippen MR) is 70.1 cm³/mol. The molecular formula is C12H20N2O2S. The molecule has 0 bridgehead atoms. The number of rotatable bonds is 7. The molecule has 0 saturated heterocycles. The second-order valence-electron chi connectivity index (χ2n) is 3.96. The summed E-state index contributed by atoms with van der Waals surface area (Å²) in [5.41, 5.74) is 1.97. The summed E-state index contributed by atoms with van der Waals surface area (Å²) in [6.07, 6.45) is 1.11. The average molecular weight is 256 g/mol. The van der Waals surface area contributed by atoms with Crippen molar-refractivity contribution in [1.29, 1.82) is 0 Å². The summed E-state index contributed by atoms with van der Waals surface area (Å²) in [4.78, 5) is 0. The predicted octanol–water partition coefficient (Wildman–Crippen LogP) is 1.24. The third-order valence-corrected chi connectivity index (χ3v) is 3.78. The van der Waals surface area contributed by atoms with Crippen LogP contribution in [0.5, 0.6) is 0 Å². The Labute approximate surface area is 103 Å². The van der Waals surface area contributed by atoms with E-state index in [0.717, 1.165) is 25.1 Å². The van der Waals surface area contributed by atoms with Crippen LogP contribution in [-0.2, 0) is 22.3 Å². The van der Waals surface area contributed by atoms with Crippen LogP contribution in [0.25, 0.3) is 0 Å². The molecule has 0 spiro atoms. The second kappa shape index (κ2) is 6.74. The highest BCUT2D eigenvalue weighted by Crippen LogP contribution is 2.07. The number of nitrogens with one attached hydrogen (secondary N) is 2. The monoisotopic (exact) mass is 256 g/mol. The molecule has 0 heterocycles. The molecule has 0 aromatic heterocycles. The van der Waals surface area contributed by atoms with Gasteiger partial charge in [-0.2, -0.15) is 0 Å². The third kappa shape index (κ3) is 5.30. The summed E-state index contributed by atoms with van der Waals surface area (Å²) >= 11 is 0. The summed E-state index contributed by atoms with van der Waals surface area (Å²) in [7, 11) is -1.74. The van der Waals surface area contributed by atoms with Gasteiger partial charge in [-0.1, -0.05) is 31.2 Å². The summed E-state index contributed by atoms with van der Waals surface area (Å²) in [5.74, 6) is 0.0339. The highest BCUT2D eigenvalue weighted by molar-refractivity contribution is 7.88. The fourth-order valence-electron chi connectivity index (χ4n) is 1.45. The summed E-state index contributed by atoms with van der Waals surface area (Å²) < 4.78 is 25.0. The Morgan fingerprint density at radius 1 is 1.12 bits per heavy atom. The van der Waals surface area contributed by atoms with Gasteiger partial charge >= 0.3 is 0 Å². The van der Waals surface area contributed by atoms with Crippen molar-refractivity contribution in [3.05, 3.63) is 35.4 Å². The highest BCUT2D eigenvalue weighted by Gasteiger charge is 2.07. The van der Waals surface area contributed by atoms with Gasteiger partial charge in [-0.15, -0.1) is 0 Å². The minimum Gasteiger partial charge on any atom is -0.313 e. The Kier molecular flexibility index (Phi) is 5.61. The molecule has 0 atom stereocenters. The van der Waals surface area contributed by atoms with E-state index in [9.17, 15) is 8.42 Å². The third-order valence-electron chi connectivity index (χ3n) is 2.45. The van der Waals surface area contributed by atoms with Gasteiger partial charge in [0.05, 0.1) is 5.75 Å². The fourth-order valence-corrected chi connectivity index (χ4v) is 2.23. The summed E-state index contributed by atoms with van der Waals surface area (Å²) in [6, 6.07) is 7.64. The smallest absolute Gasteiger partial charge is 0.215 e. The lowest BCUT2D eigenvalue weighted by Gasteiger charge is -2.05. The van der Waals surface area contributed by atoms with Gasteiger partial charge in [-0.3, -0.25) is 0 Å². The van der Waals surface area contributed by atoms with Crippen LogP contribution in [0.3, 0.4) is 0 Å². The molecule has 96 valence electrons. The largest absolute Gasteiger partial charge is 0.313 e. The summed E-state index contributed by atoms with van der Waals surface area (Å²) in [5, 5.41) is 3.30. The maximum absolute atomic E-state index is 11.3. The van der Waals surface area contributed by atoms with Crippen molar-refractivity contribution in [2.45, 2.75) is 25.6 Å². The SMILES string of the molecule is CCCNCc1ccc(CS(=O)(=O)NC)cc1. The van der Waals surface area contributed by atoms with Crippen molar-refractivity contribution < 1.29 is 8.42 Å². The van der Waals surface area contributed by atoms with Gasteiger partial charge < -0.3 is 5.32 Å². The van der Waals surface area contributed by atoms with Crippen LogP contribution in [0.2, 0.25) is 0 Å². The van der Waals surface area contributed by atoms with E-state index >= 15 is 0 Å². The molecule has 0 amide bonds. The number of sulfonamides is 1. The van der Waals surface area contributed by atoms with Gasteiger partial charge in [0.25, 0.3) is 0 Å². The molecule has 0 radical (unpaired) electrons. The number of hydrogen-bond donors (Lipinski definition) is 2. The van der Waals surface area contributed by atoms with Gasteiger partial charge in [0.2, 0.25) is 10.0 Å². The van der Waals surface area contributed by atoms with Crippen LogP contribution in [0.15, 0.2) is 24.3 Å². The van der Waals surface area contributed by atoms with E-state index in [1.54, 1.807) is 0 Å². The normalized spacial score (nSPS) is 11.6. The van der Waals surface area contributed by atoms with E-state index in [2.05, 4.69) is 17.0 Å². The first-order valence-electron chi connectivity index (χ1n) is 5.77. The molecule has 1 rings (SSSR count). The van der Waals surface area contributed by atoms with Gasteiger partial charge in [0, 0.05) is 6.54 Å². The zero-order valence-electron chi connectivity index (χ0n) is 10.4. The quantitative estimate of drug-likeness (QED) is 0.722. The van der Waals surface area contributed by atoms with Crippen LogP contribution in [0.4, 0.5) is 0 Å². The maximum Gasteiger partial charge on any atom is 0.215 e. The topological polar surface area (TPSA) is 58.2 Å². The highest BCUT2D eigenvalue weighted by atomic mass is 32.2. The molecule has 5 heteroatoms. The molecule has 4 nitrogen and oxygen atoms in total. The van der Waals surface area contributed by atoms with Crippen LogP contribution in [0.1, 0.15) is 24.5 Å². The first kappa shape index (κ1) is 14.2. The van der Waals surface area contributed by atoms with E-state index in [1.807, 2.05) is 24.3 Å². The van der Waals surface area contributed by atoms with E-state index in [-0.39, 0.29) is 5.75 Å². The zero-order valence-corrected chi connectivity index (χ0v) is 11.2. The average Bonchev–Trinajstić information content (AvgIpc) is 2.31. The number of benzene rings is 1. The van der Waals surface area contributed by atoms with Crippen molar-refractivity contribution in [3.8, 4) is 0 Å². The maximum atomic E-state index is 11.3. The van der Waals surface area contributed by atoms with Crippen molar-refractivity contribution in [2.75, 3.05) is 13.6 Å². The minimum atomic E-state index is -3.17. The molecule has 0 saturated carbocycles. The van der Waals surface area contributed by atoms with Crippen molar-refractivity contribution in [1.82, 2.24) is 10.0 Å². The molecule has 1 aromatic carbocycles. The Bertz CT molecular complexity index is 426. The van der Waals surface area contributed by atoms with Gasteiger partial charge in [-0.25, -0.2) is 13.1 Å². The van der Waals surface area contributed by atoms with E-state index in [4.69, 9.17) is 0 Å². The lowest BCUT2D eigenvalue weighted by Crippen LogP contribution is -2.20. The Morgan fingerprint density at radius 3 is 2.24 bits per heavy atom. The van der Waals surface area contributed by atoms with Crippen molar-refractivity contribution in [2.24, 2.45) is 0 Å². The van der Waals surface area contributed by atoms with E-state index in [1.165, 1.54) is 12.6 Å². The minimum absolute atomic E-state index is 0.0339. The zero-order chi connectivity index (χ0) is 12.7. The molecule has 0 aliphatic carbocycles. The Morgan fingerprint density at radius 2 is 1.71 bits per heavy atom. The second-order valence-corrected chi connectivity index (χ2v) is 5.88. The Hall–Kier alpha value is -0.910. The molecule has 1 aromatic rings. The molecule has 0 unspecified atom stereocenters. The molecular weight excluding hydrogens is 236 g/mol.